The molecule has 1 saturated heterocycles. The van der Waals surface area contributed by atoms with Gasteiger partial charge in [0, 0.05) is 35.9 Å². The Hall–Kier alpha value is -3.13. The Morgan fingerprint density at radius 3 is 2.43 bits per heavy atom. The van der Waals surface area contributed by atoms with E-state index in [0.29, 0.717) is 29.5 Å². The van der Waals surface area contributed by atoms with Gasteiger partial charge in [-0.1, -0.05) is 11.6 Å². The number of anilines is 1. The van der Waals surface area contributed by atoms with Crippen LogP contribution in [-0.2, 0) is 9.59 Å². The molecule has 1 atom stereocenters. The zero-order chi connectivity index (χ0) is 20.3. The monoisotopic (exact) mass is 403 g/mol. The van der Waals surface area contributed by atoms with Crippen LogP contribution in [0, 0.1) is 10.1 Å². The highest BCUT2D eigenvalue weighted by Gasteiger charge is 2.35. The van der Waals surface area contributed by atoms with Gasteiger partial charge in [-0.3, -0.25) is 19.7 Å². The highest BCUT2D eigenvalue weighted by Crippen LogP contribution is 2.23. The summed E-state index contributed by atoms with van der Waals surface area (Å²) < 4.78 is 5.47. The number of piperazine rings is 1. The number of nitro groups is 1. The summed E-state index contributed by atoms with van der Waals surface area (Å²) in [5.41, 5.74) is 0.518. The zero-order valence-electron chi connectivity index (χ0n) is 15.1. The van der Waals surface area contributed by atoms with Gasteiger partial charge >= 0.3 is 0 Å². The second-order valence-corrected chi connectivity index (χ2v) is 6.71. The fourth-order valence-electron chi connectivity index (χ4n) is 2.98. The van der Waals surface area contributed by atoms with Crippen LogP contribution in [0.3, 0.4) is 0 Å². The smallest absolute Gasteiger partial charge is 0.269 e. The molecule has 0 aromatic heterocycles. The first-order valence-corrected chi connectivity index (χ1v) is 8.98. The maximum absolute atomic E-state index is 12.7. The van der Waals surface area contributed by atoms with Crippen LogP contribution < -0.4 is 9.64 Å². The fourth-order valence-corrected chi connectivity index (χ4v) is 3.11. The number of rotatable bonds is 5. The molecule has 2 amide bonds. The maximum Gasteiger partial charge on any atom is 0.269 e. The van der Waals surface area contributed by atoms with Crippen LogP contribution in [0.5, 0.6) is 5.75 Å². The average Bonchev–Trinajstić information content (AvgIpc) is 2.69. The van der Waals surface area contributed by atoms with E-state index in [1.807, 2.05) is 0 Å². The van der Waals surface area contributed by atoms with Crippen molar-refractivity contribution in [2.45, 2.75) is 13.0 Å². The number of hydrogen-bond acceptors (Lipinski definition) is 5. The Morgan fingerprint density at radius 1 is 1.18 bits per heavy atom. The quantitative estimate of drug-likeness (QED) is 0.565. The second kappa shape index (κ2) is 8.26. The lowest BCUT2D eigenvalue weighted by Crippen LogP contribution is -2.58. The summed E-state index contributed by atoms with van der Waals surface area (Å²) in [6.45, 7) is 2.11. The van der Waals surface area contributed by atoms with Crippen molar-refractivity contribution in [3.8, 4) is 5.75 Å². The Labute approximate surface area is 166 Å². The minimum atomic E-state index is -0.662. The van der Waals surface area contributed by atoms with Crippen LogP contribution >= 0.6 is 11.6 Å². The molecule has 1 aliphatic rings. The van der Waals surface area contributed by atoms with Gasteiger partial charge in [-0.05, 0) is 43.3 Å². The molecular formula is C19H18ClN3O5. The van der Waals surface area contributed by atoms with Crippen LogP contribution in [0.2, 0.25) is 5.02 Å². The van der Waals surface area contributed by atoms with E-state index in [4.69, 9.17) is 16.3 Å². The van der Waals surface area contributed by atoms with Crippen molar-refractivity contribution in [1.82, 2.24) is 4.90 Å². The van der Waals surface area contributed by atoms with E-state index in [1.165, 1.54) is 34.1 Å². The van der Waals surface area contributed by atoms with Crippen LogP contribution in [0.15, 0.2) is 48.5 Å². The molecule has 2 aromatic carbocycles. The molecule has 1 aliphatic heterocycles. The molecule has 0 radical (unpaired) electrons. The highest BCUT2D eigenvalue weighted by molar-refractivity contribution is 6.30. The van der Waals surface area contributed by atoms with E-state index in [0.717, 1.165) is 0 Å². The molecule has 1 fully saturated rings. The minimum Gasteiger partial charge on any atom is -0.484 e. The largest absolute Gasteiger partial charge is 0.484 e. The van der Waals surface area contributed by atoms with Crippen LogP contribution in [-0.4, -0.2) is 47.4 Å². The van der Waals surface area contributed by atoms with Gasteiger partial charge in [-0.25, -0.2) is 0 Å². The van der Waals surface area contributed by atoms with E-state index >= 15 is 0 Å². The molecular weight excluding hydrogens is 386 g/mol. The van der Waals surface area contributed by atoms with Crippen molar-refractivity contribution >= 4 is 34.8 Å². The molecule has 2 aromatic rings. The van der Waals surface area contributed by atoms with Crippen molar-refractivity contribution in [2.75, 3.05) is 24.6 Å². The number of halogens is 1. The summed E-state index contributed by atoms with van der Waals surface area (Å²) in [6.07, 6.45) is 0. The zero-order valence-corrected chi connectivity index (χ0v) is 15.8. The third-order valence-electron chi connectivity index (χ3n) is 4.52. The van der Waals surface area contributed by atoms with Crippen LogP contribution in [0.1, 0.15) is 6.92 Å². The topological polar surface area (TPSA) is 93.0 Å². The lowest BCUT2D eigenvalue weighted by Gasteiger charge is -2.39. The van der Waals surface area contributed by atoms with E-state index in [2.05, 4.69) is 0 Å². The summed E-state index contributed by atoms with van der Waals surface area (Å²) in [5, 5.41) is 11.3. The minimum absolute atomic E-state index is 0.0441. The molecule has 0 unspecified atom stereocenters. The fraction of sp³-hybridized carbons (Fsp3) is 0.263. The first-order chi connectivity index (χ1) is 13.4. The molecule has 146 valence electrons. The Morgan fingerprint density at radius 2 is 1.82 bits per heavy atom. The number of carbonyl (C=O) groups is 2. The standard InChI is InChI=1S/C19H18ClN3O5/c1-13-19(25)22(15-4-6-16(7-5-15)23(26)27)11-10-21(13)18(24)12-28-17-8-2-14(20)3-9-17/h2-9,13H,10-12H2,1H3/t13-/m0/s1. The average molecular weight is 404 g/mol. The number of ether oxygens (including phenoxy) is 1. The molecule has 28 heavy (non-hydrogen) atoms. The Bertz CT molecular complexity index is 885. The number of non-ortho nitro benzene ring substituents is 1. The number of hydrogen-bond donors (Lipinski definition) is 0. The third kappa shape index (κ3) is 4.23. The van der Waals surface area contributed by atoms with E-state index in [1.54, 1.807) is 31.2 Å². The summed E-state index contributed by atoms with van der Waals surface area (Å²) in [5.74, 6) is -0.0275. The number of nitro benzene ring substituents is 1. The molecule has 0 saturated carbocycles. The van der Waals surface area contributed by atoms with Crippen molar-refractivity contribution < 1.29 is 19.2 Å². The molecule has 8 nitrogen and oxygen atoms in total. The summed E-state index contributed by atoms with van der Waals surface area (Å²) >= 11 is 5.81. The van der Waals surface area contributed by atoms with Gasteiger partial charge in [0.25, 0.3) is 11.6 Å². The molecule has 0 bridgehead atoms. The number of amides is 2. The van der Waals surface area contributed by atoms with Gasteiger partial charge in [-0.2, -0.15) is 0 Å². The van der Waals surface area contributed by atoms with Crippen molar-refractivity contribution in [2.24, 2.45) is 0 Å². The van der Waals surface area contributed by atoms with Crippen molar-refractivity contribution in [3.63, 3.8) is 0 Å². The molecule has 3 rings (SSSR count). The Kier molecular flexibility index (Phi) is 5.79. The first-order valence-electron chi connectivity index (χ1n) is 8.60. The SMILES string of the molecule is C[C@H]1C(=O)N(c2ccc([N+](=O)[O-])cc2)CCN1C(=O)COc1ccc(Cl)cc1. The summed E-state index contributed by atoms with van der Waals surface area (Å²) in [6, 6.07) is 11.8. The molecule has 1 heterocycles. The normalized spacial score (nSPS) is 16.8. The predicted octanol–water partition coefficient (Wildman–Crippen LogP) is 2.89. The lowest BCUT2D eigenvalue weighted by molar-refractivity contribution is -0.384. The predicted molar refractivity (Wildman–Crippen MR) is 104 cm³/mol. The number of carbonyl (C=O) groups excluding carboxylic acids is 2. The van der Waals surface area contributed by atoms with Gasteiger partial charge in [0.1, 0.15) is 11.8 Å². The number of nitrogens with zero attached hydrogens (tertiary/aromatic N) is 3. The summed E-state index contributed by atoms with van der Waals surface area (Å²) in [7, 11) is 0. The Balaban J connectivity index is 1.62. The van der Waals surface area contributed by atoms with Gasteiger partial charge in [0.05, 0.1) is 4.92 Å². The van der Waals surface area contributed by atoms with Crippen molar-refractivity contribution in [3.05, 3.63) is 63.7 Å². The van der Waals surface area contributed by atoms with E-state index in [-0.39, 0.29) is 24.1 Å². The molecule has 9 heteroatoms. The lowest BCUT2D eigenvalue weighted by atomic mass is 10.1. The van der Waals surface area contributed by atoms with Crippen LogP contribution in [0.4, 0.5) is 11.4 Å². The van der Waals surface area contributed by atoms with Gasteiger partial charge in [-0.15, -0.1) is 0 Å². The van der Waals surface area contributed by atoms with Gasteiger partial charge in [0.2, 0.25) is 5.91 Å². The third-order valence-corrected chi connectivity index (χ3v) is 4.78. The number of benzene rings is 2. The summed E-state index contributed by atoms with van der Waals surface area (Å²) in [4.78, 5) is 38.5. The molecule has 0 aliphatic carbocycles. The van der Waals surface area contributed by atoms with E-state index in [9.17, 15) is 19.7 Å². The first kappa shape index (κ1) is 19.6. The molecule has 0 N–H and O–H groups in total. The highest BCUT2D eigenvalue weighted by atomic mass is 35.5. The van der Waals surface area contributed by atoms with Gasteiger partial charge < -0.3 is 14.5 Å². The maximum atomic E-state index is 12.7. The van der Waals surface area contributed by atoms with Crippen molar-refractivity contribution in [1.29, 1.82) is 0 Å². The molecule has 0 spiro atoms. The van der Waals surface area contributed by atoms with Gasteiger partial charge in [0.15, 0.2) is 6.61 Å². The van der Waals surface area contributed by atoms with E-state index < -0.39 is 11.0 Å². The second-order valence-electron chi connectivity index (χ2n) is 6.27. The van der Waals surface area contributed by atoms with Crippen LogP contribution in [0.25, 0.3) is 0 Å².